The van der Waals surface area contributed by atoms with Gasteiger partial charge in [-0.15, -0.1) is 6.58 Å². The predicted octanol–water partition coefficient (Wildman–Crippen LogP) is 1.92. The lowest BCUT2D eigenvalue weighted by Gasteiger charge is -2.35. The van der Waals surface area contributed by atoms with Crippen LogP contribution in [0.5, 0.6) is 0 Å². The first kappa shape index (κ1) is 21.4. The van der Waals surface area contributed by atoms with E-state index in [9.17, 15) is 26.4 Å². The maximum absolute atomic E-state index is 13.9. The molecule has 1 unspecified atom stereocenters. The molecule has 1 aliphatic rings. The summed E-state index contributed by atoms with van der Waals surface area (Å²) in [6.07, 6.45) is 1.58. The zero-order chi connectivity index (χ0) is 20.2. The van der Waals surface area contributed by atoms with Crippen molar-refractivity contribution in [2.75, 3.05) is 32.8 Å². The van der Waals surface area contributed by atoms with E-state index in [0.717, 1.165) is 4.31 Å². The number of rotatable bonds is 7. The van der Waals surface area contributed by atoms with Crippen LogP contribution in [0, 0.1) is 17.5 Å². The first-order chi connectivity index (χ1) is 12.7. The van der Waals surface area contributed by atoms with Crippen molar-refractivity contribution in [3.8, 4) is 0 Å². The van der Waals surface area contributed by atoms with Gasteiger partial charge in [0.1, 0.15) is 11.0 Å². The Morgan fingerprint density at radius 3 is 2.44 bits per heavy atom. The zero-order valence-corrected chi connectivity index (χ0v) is 15.6. The molecule has 150 valence electrons. The number of sulfonamides is 1. The third-order valence-corrected chi connectivity index (χ3v) is 6.12. The molecule has 2 rings (SSSR count). The van der Waals surface area contributed by atoms with Gasteiger partial charge in [0.25, 0.3) is 5.91 Å². The molecule has 1 aliphatic heterocycles. The van der Waals surface area contributed by atoms with Crippen molar-refractivity contribution in [3.63, 3.8) is 0 Å². The van der Waals surface area contributed by atoms with E-state index in [0.29, 0.717) is 25.2 Å². The Morgan fingerprint density at radius 1 is 1.22 bits per heavy atom. The molecule has 1 aromatic rings. The summed E-state index contributed by atoms with van der Waals surface area (Å²) in [4.78, 5) is 12.8. The molecule has 0 aliphatic carbocycles. The molecule has 1 fully saturated rings. The zero-order valence-electron chi connectivity index (χ0n) is 14.8. The Hall–Kier alpha value is -1.91. The van der Waals surface area contributed by atoms with Crippen LogP contribution in [-0.2, 0) is 19.6 Å². The van der Waals surface area contributed by atoms with E-state index < -0.39 is 38.5 Å². The third kappa shape index (κ3) is 4.69. The predicted molar refractivity (Wildman–Crippen MR) is 91.9 cm³/mol. The molecule has 1 heterocycles. The van der Waals surface area contributed by atoms with Gasteiger partial charge in [-0.3, -0.25) is 4.79 Å². The van der Waals surface area contributed by atoms with Crippen LogP contribution in [0.3, 0.4) is 0 Å². The molecule has 10 heteroatoms. The van der Waals surface area contributed by atoms with E-state index in [1.54, 1.807) is 13.0 Å². The standard InChI is InChI=1S/C17H21F3N2O4S/c1-3-4-11-26-12(2)17(23)21-7-9-22(10-8-21)27(24,25)14-6-5-13(18)15(19)16(14)20/h3,5-6,12H,1,4,7-11H2,2H3. The van der Waals surface area contributed by atoms with E-state index in [1.165, 1.54) is 4.90 Å². The van der Waals surface area contributed by atoms with Gasteiger partial charge in [0, 0.05) is 26.2 Å². The number of halogens is 3. The van der Waals surface area contributed by atoms with Crippen LogP contribution in [0.4, 0.5) is 13.2 Å². The molecule has 1 amide bonds. The van der Waals surface area contributed by atoms with Gasteiger partial charge in [0.05, 0.1) is 6.61 Å². The van der Waals surface area contributed by atoms with Crippen molar-refractivity contribution in [1.82, 2.24) is 9.21 Å². The SMILES string of the molecule is C=CCCOC(C)C(=O)N1CCN(S(=O)(=O)c2ccc(F)c(F)c2F)CC1. The molecular formula is C17H21F3N2O4S. The van der Waals surface area contributed by atoms with Crippen molar-refractivity contribution in [2.45, 2.75) is 24.3 Å². The molecule has 1 saturated heterocycles. The Bertz CT molecular complexity index is 809. The third-order valence-electron chi connectivity index (χ3n) is 4.21. The number of piperazine rings is 1. The quantitative estimate of drug-likeness (QED) is 0.394. The second-order valence-corrected chi connectivity index (χ2v) is 7.90. The summed E-state index contributed by atoms with van der Waals surface area (Å²) in [5.41, 5.74) is 0. The highest BCUT2D eigenvalue weighted by atomic mass is 32.2. The normalized spacial score (nSPS) is 17.0. The lowest BCUT2D eigenvalue weighted by Crippen LogP contribution is -2.52. The average Bonchev–Trinajstić information content (AvgIpc) is 2.65. The fourth-order valence-corrected chi connectivity index (χ4v) is 4.13. The number of hydrogen-bond acceptors (Lipinski definition) is 4. The minimum absolute atomic E-state index is 0.0819. The van der Waals surface area contributed by atoms with E-state index in [2.05, 4.69) is 6.58 Å². The van der Waals surface area contributed by atoms with Crippen LogP contribution >= 0.6 is 0 Å². The molecule has 1 atom stereocenters. The Labute approximate surface area is 156 Å². The molecule has 1 aromatic carbocycles. The highest BCUT2D eigenvalue weighted by molar-refractivity contribution is 7.89. The Morgan fingerprint density at radius 2 is 1.85 bits per heavy atom. The average molecular weight is 406 g/mol. The van der Waals surface area contributed by atoms with E-state index in [1.807, 2.05) is 0 Å². The molecule has 0 N–H and O–H groups in total. The molecular weight excluding hydrogens is 385 g/mol. The Kier molecular flexibility index (Phi) is 7.01. The summed E-state index contributed by atoms with van der Waals surface area (Å²) in [5, 5.41) is 0. The Balaban J connectivity index is 2.03. The topological polar surface area (TPSA) is 66.9 Å². The summed E-state index contributed by atoms with van der Waals surface area (Å²) in [7, 11) is -4.35. The van der Waals surface area contributed by atoms with Crippen molar-refractivity contribution >= 4 is 15.9 Å². The summed E-state index contributed by atoms with van der Waals surface area (Å²) < 4.78 is 71.6. The van der Waals surface area contributed by atoms with Crippen LogP contribution in [0.1, 0.15) is 13.3 Å². The van der Waals surface area contributed by atoms with Crippen molar-refractivity contribution in [2.24, 2.45) is 0 Å². The summed E-state index contributed by atoms with van der Waals surface area (Å²) in [6, 6.07) is 1.25. The number of nitrogens with zero attached hydrogens (tertiary/aromatic N) is 2. The largest absolute Gasteiger partial charge is 0.368 e. The molecule has 0 spiro atoms. The van der Waals surface area contributed by atoms with Crippen LogP contribution in [0.15, 0.2) is 29.7 Å². The molecule has 0 aromatic heterocycles. The lowest BCUT2D eigenvalue weighted by atomic mass is 10.3. The number of ether oxygens (including phenoxy) is 1. The molecule has 27 heavy (non-hydrogen) atoms. The number of benzene rings is 1. The molecule has 0 saturated carbocycles. The fourth-order valence-electron chi connectivity index (χ4n) is 2.65. The van der Waals surface area contributed by atoms with Crippen LogP contribution < -0.4 is 0 Å². The van der Waals surface area contributed by atoms with Crippen LogP contribution in [0.25, 0.3) is 0 Å². The highest BCUT2D eigenvalue weighted by Gasteiger charge is 2.34. The van der Waals surface area contributed by atoms with Crippen LogP contribution in [-0.4, -0.2) is 62.4 Å². The number of carbonyl (C=O) groups excluding carboxylic acids is 1. The van der Waals surface area contributed by atoms with Crippen molar-refractivity contribution in [3.05, 3.63) is 42.2 Å². The fraction of sp³-hybridized carbons (Fsp3) is 0.471. The highest BCUT2D eigenvalue weighted by Crippen LogP contribution is 2.24. The van der Waals surface area contributed by atoms with Gasteiger partial charge < -0.3 is 9.64 Å². The second-order valence-electron chi connectivity index (χ2n) is 5.99. The smallest absolute Gasteiger partial charge is 0.251 e. The van der Waals surface area contributed by atoms with Crippen molar-refractivity contribution < 1.29 is 31.1 Å². The second kappa shape index (κ2) is 8.85. The minimum Gasteiger partial charge on any atom is -0.368 e. The number of carbonyl (C=O) groups is 1. The van der Waals surface area contributed by atoms with Gasteiger partial charge in [-0.2, -0.15) is 4.31 Å². The number of amides is 1. The summed E-state index contributed by atoms with van der Waals surface area (Å²) >= 11 is 0. The first-order valence-electron chi connectivity index (χ1n) is 8.35. The maximum Gasteiger partial charge on any atom is 0.251 e. The minimum atomic E-state index is -4.35. The van der Waals surface area contributed by atoms with E-state index in [4.69, 9.17) is 4.74 Å². The van der Waals surface area contributed by atoms with E-state index >= 15 is 0 Å². The van der Waals surface area contributed by atoms with Gasteiger partial charge in [-0.05, 0) is 25.5 Å². The number of hydrogen-bond donors (Lipinski definition) is 0. The van der Waals surface area contributed by atoms with Gasteiger partial charge >= 0.3 is 0 Å². The maximum atomic E-state index is 13.9. The molecule has 6 nitrogen and oxygen atoms in total. The summed E-state index contributed by atoms with van der Waals surface area (Å²) in [6.45, 7) is 5.49. The molecule has 0 bridgehead atoms. The van der Waals surface area contributed by atoms with E-state index in [-0.39, 0.29) is 32.1 Å². The monoisotopic (exact) mass is 406 g/mol. The summed E-state index contributed by atoms with van der Waals surface area (Å²) in [5.74, 6) is -5.34. The van der Waals surface area contributed by atoms with Gasteiger partial charge in [0.15, 0.2) is 17.5 Å². The van der Waals surface area contributed by atoms with Crippen LogP contribution in [0.2, 0.25) is 0 Å². The van der Waals surface area contributed by atoms with Crippen molar-refractivity contribution in [1.29, 1.82) is 0 Å². The van der Waals surface area contributed by atoms with Gasteiger partial charge in [-0.1, -0.05) is 6.08 Å². The lowest BCUT2D eigenvalue weighted by molar-refractivity contribution is -0.143. The van der Waals surface area contributed by atoms with Gasteiger partial charge in [0.2, 0.25) is 10.0 Å². The van der Waals surface area contributed by atoms with Gasteiger partial charge in [-0.25, -0.2) is 21.6 Å². The molecule has 0 radical (unpaired) electrons. The first-order valence-corrected chi connectivity index (χ1v) is 9.79.